The van der Waals surface area contributed by atoms with Gasteiger partial charge in [0, 0.05) is 40.1 Å². The first kappa shape index (κ1) is 24.0. The van der Waals surface area contributed by atoms with Gasteiger partial charge >= 0.3 is 11.8 Å². The van der Waals surface area contributed by atoms with Crippen LogP contribution < -0.4 is 10.4 Å². The lowest BCUT2D eigenvalue weighted by atomic mass is 9.85. The number of allylic oxidation sites excluding steroid dienone is 1. The highest BCUT2D eigenvalue weighted by atomic mass is 32.1. The van der Waals surface area contributed by atoms with Crippen LogP contribution in [0.4, 0.5) is 4.79 Å². The first-order valence-corrected chi connectivity index (χ1v) is 12.0. The zero-order valence-electron chi connectivity index (χ0n) is 20.1. The molecule has 0 radical (unpaired) electrons. The van der Waals surface area contributed by atoms with Gasteiger partial charge in [0.15, 0.2) is 0 Å². The number of fused-ring (bicyclic) bond motifs is 2. The zero-order valence-corrected chi connectivity index (χ0v) is 20.9. The van der Waals surface area contributed by atoms with Crippen LogP contribution in [0.1, 0.15) is 49.4 Å². The van der Waals surface area contributed by atoms with Gasteiger partial charge in [0.1, 0.15) is 23.0 Å². The number of thiazole rings is 1. The normalized spacial score (nSPS) is 15.6. The SMILES string of the molecule is C=CC(C)(C)c1cc2cc3c(cc2oc1=O)OC(C(C)(C)OC(=O)OCCc1scnc1C)C3. The summed E-state index contributed by atoms with van der Waals surface area (Å²) in [5, 5.41) is 0.809. The predicted octanol–water partition coefficient (Wildman–Crippen LogP) is 5.50. The molecule has 7 nitrogen and oxygen atoms in total. The predicted molar refractivity (Wildman–Crippen MR) is 131 cm³/mol. The first-order chi connectivity index (χ1) is 16.0. The second kappa shape index (κ2) is 8.91. The Morgan fingerprint density at radius 1 is 1.29 bits per heavy atom. The summed E-state index contributed by atoms with van der Waals surface area (Å²) in [5.41, 5.74) is 2.84. The average molecular weight is 484 g/mol. The van der Waals surface area contributed by atoms with Crippen molar-refractivity contribution in [2.75, 3.05) is 6.61 Å². The lowest BCUT2D eigenvalue weighted by Gasteiger charge is -2.30. The fourth-order valence-electron chi connectivity index (χ4n) is 3.91. The van der Waals surface area contributed by atoms with E-state index in [2.05, 4.69) is 11.6 Å². The molecule has 1 aromatic carbocycles. The molecule has 2 aromatic heterocycles. The molecule has 0 aliphatic carbocycles. The Hall–Kier alpha value is -3.13. The monoisotopic (exact) mass is 483 g/mol. The number of rotatable bonds is 7. The highest BCUT2D eigenvalue weighted by Gasteiger charge is 2.40. The molecule has 3 heterocycles. The molecule has 1 aliphatic heterocycles. The summed E-state index contributed by atoms with van der Waals surface area (Å²) in [6.45, 7) is 13.4. The van der Waals surface area contributed by atoms with E-state index in [1.54, 1.807) is 31.5 Å². The van der Waals surface area contributed by atoms with Crippen LogP contribution in [-0.2, 0) is 27.7 Å². The van der Waals surface area contributed by atoms with Crippen molar-refractivity contribution in [3.8, 4) is 5.75 Å². The number of benzene rings is 1. The minimum atomic E-state index is -0.931. The molecule has 3 aromatic rings. The summed E-state index contributed by atoms with van der Waals surface area (Å²) in [6.07, 6.45) is 1.73. The molecule has 1 aliphatic rings. The maximum atomic E-state index is 12.5. The van der Waals surface area contributed by atoms with Crippen molar-refractivity contribution in [1.82, 2.24) is 4.98 Å². The van der Waals surface area contributed by atoms with Crippen molar-refractivity contribution in [1.29, 1.82) is 0 Å². The van der Waals surface area contributed by atoms with Crippen molar-refractivity contribution >= 4 is 28.5 Å². The molecule has 180 valence electrons. The van der Waals surface area contributed by atoms with Gasteiger partial charge in [0.25, 0.3) is 0 Å². The molecular weight excluding hydrogens is 454 g/mol. The number of hydrogen-bond donors (Lipinski definition) is 0. The highest BCUT2D eigenvalue weighted by molar-refractivity contribution is 7.09. The van der Waals surface area contributed by atoms with Crippen molar-refractivity contribution in [3.63, 3.8) is 0 Å². The van der Waals surface area contributed by atoms with E-state index in [0.29, 0.717) is 29.7 Å². The Balaban J connectivity index is 1.45. The molecule has 0 N–H and O–H groups in total. The number of ether oxygens (including phenoxy) is 3. The molecule has 1 unspecified atom stereocenters. The largest absolute Gasteiger partial charge is 0.508 e. The van der Waals surface area contributed by atoms with E-state index in [0.717, 1.165) is 21.5 Å². The van der Waals surface area contributed by atoms with Crippen LogP contribution in [0.25, 0.3) is 11.0 Å². The average Bonchev–Trinajstić information content (AvgIpc) is 3.37. The van der Waals surface area contributed by atoms with Crippen LogP contribution in [0.2, 0.25) is 0 Å². The van der Waals surface area contributed by atoms with Gasteiger partial charge in [-0.05, 0) is 38.5 Å². The fourth-order valence-corrected chi connectivity index (χ4v) is 4.67. The number of aromatic nitrogens is 1. The maximum absolute atomic E-state index is 12.5. The minimum absolute atomic E-state index is 0.220. The number of hydrogen-bond acceptors (Lipinski definition) is 8. The second-order valence-corrected chi connectivity index (χ2v) is 10.5. The summed E-state index contributed by atoms with van der Waals surface area (Å²) in [4.78, 5) is 30.1. The van der Waals surface area contributed by atoms with Gasteiger partial charge in [-0.25, -0.2) is 14.6 Å². The van der Waals surface area contributed by atoms with E-state index in [4.69, 9.17) is 18.6 Å². The smallest absolute Gasteiger partial charge is 0.485 e. The summed E-state index contributed by atoms with van der Waals surface area (Å²) in [6, 6.07) is 5.53. The van der Waals surface area contributed by atoms with E-state index in [-0.39, 0.29) is 6.61 Å². The van der Waals surface area contributed by atoms with Gasteiger partial charge < -0.3 is 18.6 Å². The van der Waals surface area contributed by atoms with Crippen LogP contribution in [-0.4, -0.2) is 29.5 Å². The van der Waals surface area contributed by atoms with Gasteiger partial charge in [-0.2, -0.15) is 0 Å². The Morgan fingerprint density at radius 2 is 2.06 bits per heavy atom. The van der Waals surface area contributed by atoms with Crippen molar-refractivity contribution in [3.05, 3.63) is 68.5 Å². The quantitative estimate of drug-likeness (QED) is 0.249. The lowest BCUT2D eigenvalue weighted by Crippen LogP contribution is -2.43. The highest BCUT2D eigenvalue weighted by Crippen LogP contribution is 2.38. The van der Waals surface area contributed by atoms with Gasteiger partial charge in [0.05, 0.1) is 17.8 Å². The molecular formula is C26H29NO6S. The Kier molecular flexibility index (Phi) is 6.29. The molecule has 34 heavy (non-hydrogen) atoms. The van der Waals surface area contributed by atoms with Gasteiger partial charge in [-0.3, -0.25) is 0 Å². The van der Waals surface area contributed by atoms with Gasteiger partial charge in [-0.1, -0.05) is 19.9 Å². The lowest BCUT2D eigenvalue weighted by molar-refractivity contribution is -0.0670. The summed E-state index contributed by atoms with van der Waals surface area (Å²) < 4.78 is 22.6. The summed E-state index contributed by atoms with van der Waals surface area (Å²) >= 11 is 1.54. The molecule has 4 rings (SSSR count). The standard InChI is InChI=1S/C26H29NO6S/c1-7-25(3,4)18-11-16-10-17-12-22(31-19(17)13-20(16)32-23(18)28)26(5,6)33-24(29)30-9-8-21-15(2)27-14-34-21/h7,10-11,13-14,22H,1,8-9,12H2,2-6H3. The molecule has 0 fully saturated rings. The summed E-state index contributed by atoms with van der Waals surface area (Å²) in [5.74, 6) is 0.613. The van der Waals surface area contributed by atoms with Gasteiger partial charge in [-0.15, -0.1) is 17.9 Å². The molecule has 0 saturated carbocycles. The Morgan fingerprint density at radius 3 is 2.74 bits per heavy atom. The number of carbonyl (C=O) groups excluding carboxylic acids is 1. The van der Waals surface area contributed by atoms with E-state index in [1.807, 2.05) is 32.9 Å². The topological polar surface area (TPSA) is 87.9 Å². The molecule has 0 saturated heterocycles. The molecule has 0 amide bonds. The summed E-state index contributed by atoms with van der Waals surface area (Å²) in [7, 11) is 0. The van der Waals surface area contributed by atoms with Crippen LogP contribution in [0.3, 0.4) is 0 Å². The van der Waals surface area contributed by atoms with Crippen molar-refractivity contribution < 1.29 is 23.4 Å². The third-order valence-electron chi connectivity index (χ3n) is 6.31. The molecule has 0 spiro atoms. The van der Waals surface area contributed by atoms with Crippen molar-refractivity contribution in [2.24, 2.45) is 0 Å². The van der Waals surface area contributed by atoms with Crippen LogP contribution in [0, 0.1) is 6.92 Å². The number of carbonyl (C=O) groups is 1. The fraction of sp³-hybridized carbons (Fsp3) is 0.423. The van der Waals surface area contributed by atoms with Crippen LogP contribution >= 0.6 is 11.3 Å². The van der Waals surface area contributed by atoms with Gasteiger partial charge in [0.2, 0.25) is 0 Å². The minimum Gasteiger partial charge on any atom is -0.485 e. The third-order valence-corrected chi connectivity index (χ3v) is 7.30. The maximum Gasteiger partial charge on any atom is 0.508 e. The van der Waals surface area contributed by atoms with Crippen LogP contribution in [0.15, 0.2) is 45.6 Å². The Labute approximate surface area is 202 Å². The van der Waals surface area contributed by atoms with E-state index in [9.17, 15) is 9.59 Å². The second-order valence-electron chi connectivity index (χ2n) is 9.60. The zero-order chi connectivity index (χ0) is 24.7. The molecule has 1 atom stereocenters. The number of nitrogens with zero attached hydrogens (tertiary/aromatic N) is 1. The van der Waals surface area contributed by atoms with E-state index < -0.39 is 28.9 Å². The molecule has 0 bridgehead atoms. The van der Waals surface area contributed by atoms with Crippen molar-refractivity contribution in [2.45, 2.75) is 64.6 Å². The number of aryl methyl sites for hydroxylation is 1. The molecule has 8 heteroatoms. The Bertz CT molecular complexity index is 1300. The third kappa shape index (κ3) is 4.73. The van der Waals surface area contributed by atoms with Crippen LogP contribution in [0.5, 0.6) is 5.75 Å². The van der Waals surface area contributed by atoms with E-state index in [1.165, 1.54) is 11.3 Å². The first-order valence-electron chi connectivity index (χ1n) is 11.2. The van der Waals surface area contributed by atoms with E-state index >= 15 is 0 Å².